The van der Waals surface area contributed by atoms with Gasteiger partial charge in [0, 0.05) is 24.1 Å². The van der Waals surface area contributed by atoms with E-state index in [0.29, 0.717) is 12.2 Å². The topological polar surface area (TPSA) is 87.6 Å². The molecule has 1 aliphatic heterocycles. The smallest absolute Gasteiger partial charge is 0.249 e. The molecule has 1 aliphatic rings. The molecule has 3 aromatic rings. The second kappa shape index (κ2) is 7.63. The Balaban J connectivity index is 1.96. The number of ether oxygens (including phenoxy) is 2. The van der Waals surface area contributed by atoms with Crippen LogP contribution >= 0.6 is 11.6 Å². The van der Waals surface area contributed by atoms with Crippen molar-refractivity contribution in [2.45, 2.75) is 12.0 Å². The van der Waals surface area contributed by atoms with Crippen LogP contribution in [0.5, 0.6) is 11.5 Å². The van der Waals surface area contributed by atoms with Crippen molar-refractivity contribution < 1.29 is 18.7 Å². The molecule has 1 unspecified atom stereocenters. The number of benzene rings is 3. The van der Waals surface area contributed by atoms with Crippen LogP contribution < -0.4 is 20.9 Å². The zero-order chi connectivity index (χ0) is 21.5. The van der Waals surface area contributed by atoms with Crippen LogP contribution in [0.15, 0.2) is 54.6 Å². The van der Waals surface area contributed by atoms with E-state index in [1.54, 1.807) is 6.07 Å². The van der Waals surface area contributed by atoms with Crippen molar-refractivity contribution in [2.24, 2.45) is 11.5 Å². The normalized spacial score (nSPS) is 17.3. The van der Waals surface area contributed by atoms with Gasteiger partial charge in [-0.3, -0.25) is 4.79 Å². The molecular formula is C23H20ClFN2O3. The molecule has 30 heavy (non-hydrogen) atoms. The van der Waals surface area contributed by atoms with E-state index < -0.39 is 17.3 Å². The molecule has 0 bridgehead atoms. The first kappa shape index (κ1) is 20.2. The maximum atomic E-state index is 15.4. The summed E-state index contributed by atoms with van der Waals surface area (Å²) in [5.74, 6) is -1.18. The molecule has 0 saturated carbocycles. The van der Waals surface area contributed by atoms with Gasteiger partial charge in [0.05, 0.1) is 17.7 Å². The number of methoxy groups -OCH3 is 1. The third kappa shape index (κ3) is 3.09. The summed E-state index contributed by atoms with van der Waals surface area (Å²) in [5, 5.41) is 0.226. The van der Waals surface area contributed by atoms with Crippen molar-refractivity contribution in [1.29, 1.82) is 0 Å². The summed E-state index contributed by atoms with van der Waals surface area (Å²) in [6, 6.07) is 15.8. The van der Waals surface area contributed by atoms with Gasteiger partial charge in [0.25, 0.3) is 0 Å². The predicted molar refractivity (Wildman–Crippen MR) is 113 cm³/mol. The second-order valence-corrected chi connectivity index (χ2v) is 7.53. The Morgan fingerprint density at radius 1 is 1.17 bits per heavy atom. The number of carbonyl (C=O) groups excluding carboxylic acids is 1. The van der Waals surface area contributed by atoms with Crippen molar-refractivity contribution in [2.75, 3.05) is 13.7 Å². The molecule has 0 radical (unpaired) electrons. The van der Waals surface area contributed by atoms with Gasteiger partial charge in [-0.1, -0.05) is 48.0 Å². The van der Waals surface area contributed by atoms with E-state index in [9.17, 15) is 4.79 Å². The van der Waals surface area contributed by atoms with Crippen molar-refractivity contribution >= 4 is 17.5 Å². The summed E-state index contributed by atoms with van der Waals surface area (Å²) in [4.78, 5) is 12.1. The van der Waals surface area contributed by atoms with Crippen LogP contribution in [0.3, 0.4) is 0 Å². The number of primary amides is 1. The van der Waals surface area contributed by atoms with Crippen LogP contribution in [0.2, 0.25) is 5.02 Å². The third-order valence-corrected chi connectivity index (χ3v) is 5.75. The standard InChI is InChI=1S/C23H20ClFN2O3/c1-29-17-10-8-15(22(27)28)18(20(17)25)19-16(24)9-7-13-11-23(12-26,30-21(13)19)14-5-3-2-4-6-14/h2-10H,11-12,26H2,1H3,(H2,27,28). The zero-order valence-electron chi connectivity index (χ0n) is 16.2. The van der Waals surface area contributed by atoms with Crippen LogP contribution in [0.4, 0.5) is 4.39 Å². The first-order valence-corrected chi connectivity index (χ1v) is 9.72. The van der Waals surface area contributed by atoms with Crippen LogP contribution in [0, 0.1) is 5.82 Å². The predicted octanol–water partition coefficient (Wildman–Crippen LogP) is 4.04. The van der Waals surface area contributed by atoms with Gasteiger partial charge in [0.1, 0.15) is 5.75 Å². The molecule has 4 N–H and O–H groups in total. The first-order valence-electron chi connectivity index (χ1n) is 9.34. The fourth-order valence-corrected chi connectivity index (χ4v) is 4.17. The Hall–Kier alpha value is -3.09. The quantitative estimate of drug-likeness (QED) is 0.644. The van der Waals surface area contributed by atoms with Crippen LogP contribution in [0.25, 0.3) is 11.1 Å². The Kier molecular flexibility index (Phi) is 5.13. The van der Waals surface area contributed by atoms with Crippen molar-refractivity contribution in [1.82, 2.24) is 0 Å². The molecule has 154 valence electrons. The molecule has 7 heteroatoms. The number of amides is 1. The zero-order valence-corrected chi connectivity index (χ0v) is 17.0. The van der Waals surface area contributed by atoms with E-state index in [-0.39, 0.29) is 34.0 Å². The Labute approximate surface area is 178 Å². The van der Waals surface area contributed by atoms with Gasteiger partial charge in [-0.2, -0.15) is 0 Å². The Morgan fingerprint density at radius 2 is 1.90 bits per heavy atom. The van der Waals surface area contributed by atoms with Gasteiger partial charge in [-0.25, -0.2) is 4.39 Å². The van der Waals surface area contributed by atoms with Gasteiger partial charge < -0.3 is 20.9 Å². The van der Waals surface area contributed by atoms with Crippen LogP contribution in [-0.2, 0) is 12.0 Å². The molecule has 4 rings (SSSR count). The lowest BCUT2D eigenvalue weighted by Gasteiger charge is -2.28. The maximum Gasteiger partial charge on any atom is 0.249 e. The lowest BCUT2D eigenvalue weighted by atomic mass is 9.88. The van der Waals surface area contributed by atoms with Crippen molar-refractivity contribution in [3.63, 3.8) is 0 Å². The number of rotatable bonds is 5. The Morgan fingerprint density at radius 3 is 2.53 bits per heavy atom. The SMILES string of the molecule is COc1ccc(C(N)=O)c(-c2c(Cl)ccc3c2OC(CN)(c2ccccc2)C3)c1F. The van der Waals surface area contributed by atoms with E-state index in [2.05, 4.69) is 0 Å². The monoisotopic (exact) mass is 426 g/mol. The number of fused-ring (bicyclic) bond motifs is 1. The highest BCUT2D eigenvalue weighted by Gasteiger charge is 2.42. The van der Waals surface area contributed by atoms with E-state index in [0.717, 1.165) is 11.1 Å². The average molecular weight is 427 g/mol. The molecule has 1 atom stereocenters. The summed E-state index contributed by atoms with van der Waals surface area (Å²) in [7, 11) is 1.34. The highest BCUT2D eigenvalue weighted by atomic mass is 35.5. The summed E-state index contributed by atoms with van der Waals surface area (Å²) >= 11 is 6.50. The largest absolute Gasteiger partial charge is 0.494 e. The molecule has 1 heterocycles. The second-order valence-electron chi connectivity index (χ2n) is 7.12. The van der Waals surface area contributed by atoms with Gasteiger partial charge >= 0.3 is 0 Å². The van der Waals surface area contributed by atoms with E-state index >= 15 is 4.39 Å². The molecule has 0 spiro atoms. The van der Waals surface area contributed by atoms with Crippen LogP contribution in [-0.4, -0.2) is 19.6 Å². The van der Waals surface area contributed by atoms with Crippen molar-refractivity contribution in [3.05, 3.63) is 82.1 Å². The van der Waals surface area contributed by atoms with Gasteiger partial charge in [-0.05, 0) is 29.3 Å². The molecule has 0 aliphatic carbocycles. The number of nitrogens with two attached hydrogens (primary N) is 2. The molecule has 0 aromatic heterocycles. The fraction of sp³-hybridized carbons (Fsp3) is 0.174. The van der Waals surface area contributed by atoms with Gasteiger partial charge in [-0.15, -0.1) is 0 Å². The summed E-state index contributed by atoms with van der Waals surface area (Å²) in [6.07, 6.45) is 0.477. The van der Waals surface area contributed by atoms with E-state index in [1.807, 2.05) is 36.4 Å². The highest BCUT2D eigenvalue weighted by molar-refractivity contribution is 6.34. The average Bonchev–Trinajstić information content (AvgIpc) is 3.15. The summed E-state index contributed by atoms with van der Waals surface area (Å²) < 4.78 is 26.8. The molecular weight excluding hydrogens is 407 g/mol. The molecule has 1 amide bonds. The lowest BCUT2D eigenvalue weighted by molar-refractivity contribution is 0.100. The van der Waals surface area contributed by atoms with E-state index in [4.69, 9.17) is 32.5 Å². The Bertz CT molecular complexity index is 1140. The number of halogens is 2. The molecule has 3 aromatic carbocycles. The minimum absolute atomic E-state index is 0.0165. The fourth-order valence-electron chi connectivity index (χ4n) is 3.93. The minimum Gasteiger partial charge on any atom is -0.494 e. The number of hydrogen-bond donors (Lipinski definition) is 2. The number of carbonyl (C=O) groups is 1. The summed E-state index contributed by atoms with van der Waals surface area (Å²) in [6.45, 7) is 0.200. The number of hydrogen-bond acceptors (Lipinski definition) is 4. The van der Waals surface area contributed by atoms with Crippen LogP contribution in [0.1, 0.15) is 21.5 Å². The molecule has 5 nitrogen and oxygen atoms in total. The first-order chi connectivity index (χ1) is 14.4. The van der Waals surface area contributed by atoms with Gasteiger partial charge in [0.15, 0.2) is 17.2 Å². The van der Waals surface area contributed by atoms with Gasteiger partial charge in [0.2, 0.25) is 5.91 Å². The molecule has 0 fully saturated rings. The minimum atomic E-state index is -0.828. The lowest BCUT2D eigenvalue weighted by Crippen LogP contribution is -2.39. The maximum absolute atomic E-state index is 15.4. The van der Waals surface area contributed by atoms with Crippen molar-refractivity contribution in [3.8, 4) is 22.6 Å². The summed E-state index contributed by atoms with van der Waals surface area (Å²) in [5.41, 5.74) is 12.7. The molecule has 0 saturated heterocycles. The third-order valence-electron chi connectivity index (χ3n) is 5.43. The van der Waals surface area contributed by atoms with E-state index in [1.165, 1.54) is 19.2 Å². The highest BCUT2D eigenvalue weighted by Crippen LogP contribution is 2.50.